The molecule has 0 spiro atoms. The van der Waals surface area contributed by atoms with Crippen molar-refractivity contribution in [2.24, 2.45) is 11.8 Å². The van der Waals surface area contributed by atoms with Gasteiger partial charge in [0.05, 0.1) is 18.6 Å². The summed E-state index contributed by atoms with van der Waals surface area (Å²) in [5.41, 5.74) is -0.406. The van der Waals surface area contributed by atoms with Gasteiger partial charge in [0.25, 0.3) is 0 Å². The lowest BCUT2D eigenvalue weighted by molar-refractivity contribution is -0.157. The van der Waals surface area contributed by atoms with Crippen LogP contribution in [0.4, 0.5) is 0 Å². The van der Waals surface area contributed by atoms with E-state index in [2.05, 4.69) is 0 Å². The first-order valence-corrected chi connectivity index (χ1v) is 13.4. The van der Waals surface area contributed by atoms with E-state index < -0.39 is 53.8 Å². The number of carbonyl (C=O) groups is 3. The number of esters is 2. The van der Waals surface area contributed by atoms with Crippen LogP contribution in [0.1, 0.15) is 74.1 Å². The summed E-state index contributed by atoms with van der Waals surface area (Å²) in [6.07, 6.45) is 5.99. The van der Waals surface area contributed by atoms with E-state index in [1.165, 1.54) is 26.8 Å². The van der Waals surface area contributed by atoms with E-state index in [0.29, 0.717) is 12.0 Å². The van der Waals surface area contributed by atoms with Crippen molar-refractivity contribution < 1.29 is 44.3 Å². The zero-order valence-electron chi connectivity index (χ0n) is 24.2. The molecule has 0 radical (unpaired) electrons. The van der Waals surface area contributed by atoms with Crippen LogP contribution < -0.4 is 0 Å². The lowest BCUT2D eigenvalue weighted by Crippen LogP contribution is -2.42. The SMILES string of the molecule is CC(=O)O[C@H]1/C=C/[C@H](C)[C@H](/C(C)=C/C=C/[C@H](C)C[C@@H](O)/C=C(\C)C(=O)[C@@H](C)O)OC(=O)C[C@H](O)CC[C@@]1(C)O. The van der Waals surface area contributed by atoms with Gasteiger partial charge in [0.1, 0.15) is 23.9 Å². The number of allylic oxidation sites excluding steroid dienone is 3. The molecule has 39 heavy (non-hydrogen) atoms. The molecule has 9 nitrogen and oxygen atoms in total. The molecule has 1 rings (SSSR count). The fraction of sp³-hybridized carbons (Fsp3) is 0.633. The van der Waals surface area contributed by atoms with Gasteiger partial charge in [-0.2, -0.15) is 0 Å². The van der Waals surface area contributed by atoms with Gasteiger partial charge in [-0.15, -0.1) is 0 Å². The third-order valence-corrected chi connectivity index (χ3v) is 6.69. The van der Waals surface area contributed by atoms with Crippen LogP contribution in [-0.4, -0.2) is 74.3 Å². The number of cyclic esters (lactones) is 1. The molecular weight excluding hydrogens is 504 g/mol. The van der Waals surface area contributed by atoms with E-state index in [0.717, 1.165) is 5.57 Å². The summed E-state index contributed by atoms with van der Waals surface area (Å²) in [6, 6.07) is 0. The maximum absolute atomic E-state index is 12.6. The highest BCUT2D eigenvalue weighted by Gasteiger charge is 2.35. The van der Waals surface area contributed by atoms with Crippen LogP contribution in [-0.2, 0) is 23.9 Å². The predicted molar refractivity (Wildman–Crippen MR) is 147 cm³/mol. The number of hydrogen-bond acceptors (Lipinski definition) is 9. The molecule has 0 saturated carbocycles. The van der Waals surface area contributed by atoms with Crippen molar-refractivity contribution in [3.05, 3.63) is 47.6 Å². The first-order valence-electron chi connectivity index (χ1n) is 13.4. The molecule has 4 N–H and O–H groups in total. The van der Waals surface area contributed by atoms with E-state index >= 15 is 0 Å². The molecule has 0 fully saturated rings. The van der Waals surface area contributed by atoms with Crippen molar-refractivity contribution in [2.75, 3.05) is 0 Å². The lowest BCUT2D eigenvalue weighted by Gasteiger charge is -2.32. The number of rotatable bonds is 9. The maximum Gasteiger partial charge on any atom is 0.309 e. The zero-order chi connectivity index (χ0) is 29.9. The minimum atomic E-state index is -1.44. The van der Waals surface area contributed by atoms with Crippen LogP contribution in [0.3, 0.4) is 0 Å². The smallest absolute Gasteiger partial charge is 0.309 e. The summed E-state index contributed by atoms with van der Waals surface area (Å²) in [6.45, 7) is 11.3. The first kappa shape index (κ1) is 34.4. The van der Waals surface area contributed by atoms with Crippen molar-refractivity contribution in [3.8, 4) is 0 Å². The summed E-state index contributed by atoms with van der Waals surface area (Å²) in [5, 5.41) is 40.9. The van der Waals surface area contributed by atoms with Gasteiger partial charge in [0.15, 0.2) is 5.78 Å². The zero-order valence-corrected chi connectivity index (χ0v) is 24.2. The minimum Gasteiger partial charge on any atom is -0.457 e. The number of ketones is 1. The summed E-state index contributed by atoms with van der Waals surface area (Å²) >= 11 is 0. The monoisotopic (exact) mass is 550 g/mol. The third kappa shape index (κ3) is 12.4. The Labute approximate surface area is 231 Å². The largest absolute Gasteiger partial charge is 0.457 e. The highest BCUT2D eigenvalue weighted by molar-refractivity contribution is 5.97. The fourth-order valence-electron chi connectivity index (χ4n) is 4.35. The van der Waals surface area contributed by atoms with Gasteiger partial charge in [-0.05, 0) is 76.2 Å². The highest BCUT2D eigenvalue weighted by Crippen LogP contribution is 2.27. The van der Waals surface area contributed by atoms with E-state index in [9.17, 15) is 34.8 Å². The summed E-state index contributed by atoms with van der Waals surface area (Å²) in [7, 11) is 0. The molecule has 0 amide bonds. The maximum atomic E-state index is 12.6. The summed E-state index contributed by atoms with van der Waals surface area (Å²) in [5.74, 6) is -1.93. The van der Waals surface area contributed by atoms with Crippen molar-refractivity contribution in [1.29, 1.82) is 0 Å². The van der Waals surface area contributed by atoms with E-state index in [-0.39, 0.29) is 31.1 Å². The van der Waals surface area contributed by atoms with Crippen LogP contribution in [0.5, 0.6) is 0 Å². The molecule has 0 unspecified atom stereocenters. The Morgan fingerprint density at radius 1 is 1.21 bits per heavy atom. The lowest BCUT2D eigenvalue weighted by atomic mass is 9.88. The number of hydrogen-bond donors (Lipinski definition) is 4. The highest BCUT2D eigenvalue weighted by atomic mass is 16.6. The van der Waals surface area contributed by atoms with Crippen molar-refractivity contribution in [3.63, 3.8) is 0 Å². The van der Waals surface area contributed by atoms with Crippen LogP contribution in [0, 0.1) is 11.8 Å². The second-order valence-corrected chi connectivity index (χ2v) is 10.9. The Bertz CT molecular complexity index is 957. The molecule has 0 bridgehead atoms. The van der Waals surface area contributed by atoms with Gasteiger partial charge in [0.2, 0.25) is 0 Å². The normalized spacial score (nSPS) is 30.9. The molecular formula is C30H46O9. The van der Waals surface area contributed by atoms with Crippen LogP contribution >= 0.6 is 0 Å². The molecule has 0 saturated heterocycles. The first-order chi connectivity index (χ1) is 18.0. The van der Waals surface area contributed by atoms with Gasteiger partial charge in [-0.3, -0.25) is 14.4 Å². The average Bonchev–Trinajstić information content (AvgIpc) is 2.81. The molecule has 0 aromatic heterocycles. The number of ether oxygens (including phenoxy) is 2. The molecule has 1 aliphatic rings. The molecule has 0 aromatic rings. The standard InChI is InChI=1S/C30H46O9/c1-18(15-25(34)16-21(4)28(36)22(5)31)9-8-10-19(2)29-20(3)11-12-26(38-23(6)32)30(7,37)14-13-24(33)17-27(35)39-29/h8-12,16,18,20,22,24-26,29,31,33-34,37H,13-15,17H2,1-7H3/b9-8+,12-11+,19-10+,21-16+/t18-,20-,22+,24+,25+,26-,29-,30+/m0/s1. The number of Topliss-reactive ketones (excluding diaryl/α,β-unsaturated/α-hetero) is 1. The van der Waals surface area contributed by atoms with E-state index in [1.54, 1.807) is 31.2 Å². The Morgan fingerprint density at radius 3 is 2.44 bits per heavy atom. The Hall–Kier alpha value is -2.59. The Kier molecular flexibility index (Phi) is 14.0. The average molecular weight is 551 g/mol. The molecule has 220 valence electrons. The number of aliphatic hydroxyl groups excluding tert-OH is 3. The Morgan fingerprint density at radius 2 is 1.85 bits per heavy atom. The Balaban J connectivity index is 3.09. The summed E-state index contributed by atoms with van der Waals surface area (Å²) < 4.78 is 11.1. The quantitative estimate of drug-likeness (QED) is 0.147. The second kappa shape index (κ2) is 15.9. The second-order valence-electron chi connectivity index (χ2n) is 10.9. The van der Waals surface area contributed by atoms with Gasteiger partial charge in [-0.25, -0.2) is 0 Å². The molecule has 0 aromatic carbocycles. The summed E-state index contributed by atoms with van der Waals surface area (Å²) in [4.78, 5) is 36.0. The minimum absolute atomic E-state index is 0.0483. The van der Waals surface area contributed by atoms with Gasteiger partial charge in [-0.1, -0.05) is 38.2 Å². The van der Waals surface area contributed by atoms with Crippen LogP contribution in [0.2, 0.25) is 0 Å². The van der Waals surface area contributed by atoms with Crippen LogP contribution in [0.25, 0.3) is 0 Å². The van der Waals surface area contributed by atoms with Gasteiger partial charge in [0, 0.05) is 12.8 Å². The number of carbonyl (C=O) groups excluding carboxylic acids is 3. The van der Waals surface area contributed by atoms with Crippen molar-refractivity contribution >= 4 is 17.7 Å². The molecule has 9 heteroatoms. The topological polar surface area (TPSA) is 151 Å². The van der Waals surface area contributed by atoms with Gasteiger partial charge < -0.3 is 29.9 Å². The van der Waals surface area contributed by atoms with Crippen molar-refractivity contribution in [2.45, 2.75) is 110 Å². The molecule has 1 aliphatic heterocycles. The van der Waals surface area contributed by atoms with Gasteiger partial charge >= 0.3 is 11.9 Å². The number of aliphatic hydroxyl groups is 4. The molecule has 0 aliphatic carbocycles. The third-order valence-electron chi connectivity index (χ3n) is 6.69. The van der Waals surface area contributed by atoms with E-state index in [4.69, 9.17) is 9.47 Å². The predicted octanol–water partition coefficient (Wildman–Crippen LogP) is 3.10. The van der Waals surface area contributed by atoms with Crippen molar-refractivity contribution in [1.82, 2.24) is 0 Å². The molecule has 8 atom stereocenters. The van der Waals surface area contributed by atoms with Crippen LogP contribution in [0.15, 0.2) is 47.6 Å². The molecule has 1 heterocycles. The van der Waals surface area contributed by atoms with E-state index in [1.807, 2.05) is 26.8 Å². The fourth-order valence-corrected chi connectivity index (χ4v) is 4.35.